The topological polar surface area (TPSA) is 57.4 Å². The molecule has 2 heterocycles. The molecule has 122 valence electrons. The van der Waals surface area contributed by atoms with Crippen LogP contribution in [0.3, 0.4) is 0 Å². The molecule has 0 aliphatic carbocycles. The summed E-state index contributed by atoms with van der Waals surface area (Å²) in [6.45, 7) is 1.52. The number of carbonyl (C=O) groups is 1. The fraction of sp³-hybridized carbons (Fsp3) is 0.353. The molecule has 1 aromatic heterocycles. The highest BCUT2D eigenvalue weighted by molar-refractivity contribution is 9.10. The molecule has 2 N–H and O–H groups in total. The number of carbonyl (C=O) groups excluding carboxylic acids is 1. The van der Waals surface area contributed by atoms with Gasteiger partial charge in [-0.05, 0) is 47.0 Å². The smallest absolute Gasteiger partial charge is 0.270 e. The van der Waals surface area contributed by atoms with Crippen molar-refractivity contribution in [2.24, 2.45) is 0 Å². The summed E-state index contributed by atoms with van der Waals surface area (Å²) in [5, 5.41) is 3.53. The zero-order chi connectivity index (χ0) is 16.2. The van der Waals surface area contributed by atoms with E-state index in [4.69, 9.17) is 4.74 Å². The number of anilines is 1. The number of aromatic nitrogens is 1. The van der Waals surface area contributed by atoms with Crippen molar-refractivity contribution < 1.29 is 9.53 Å². The number of hydrogen-bond acceptors (Lipinski definition) is 3. The largest absolute Gasteiger partial charge is 0.497 e. The zero-order valence-electron chi connectivity index (χ0n) is 13.0. The normalized spacial score (nSPS) is 15.5. The molecule has 1 aliphatic heterocycles. The third-order valence-corrected chi connectivity index (χ3v) is 4.56. The van der Waals surface area contributed by atoms with E-state index in [1.165, 1.54) is 0 Å². The third kappa shape index (κ3) is 3.88. The van der Waals surface area contributed by atoms with Gasteiger partial charge in [0.15, 0.2) is 0 Å². The first-order valence-electron chi connectivity index (χ1n) is 7.69. The van der Waals surface area contributed by atoms with Gasteiger partial charge in [0.25, 0.3) is 5.91 Å². The molecule has 5 nitrogen and oxygen atoms in total. The summed E-state index contributed by atoms with van der Waals surface area (Å²) in [7, 11) is 1.67. The van der Waals surface area contributed by atoms with Gasteiger partial charge in [0.05, 0.1) is 7.11 Å². The lowest BCUT2D eigenvalue weighted by atomic mass is 10.0. The lowest BCUT2D eigenvalue weighted by Crippen LogP contribution is -2.42. The molecule has 6 heteroatoms. The number of benzene rings is 1. The number of nitrogens with one attached hydrogen (secondary N) is 2. The van der Waals surface area contributed by atoms with Gasteiger partial charge < -0.3 is 19.9 Å². The van der Waals surface area contributed by atoms with E-state index in [2.05, 4.69) is 26.2 Å². The van der Waals surface area contributed by atoms with Crippen molar-refractivity contribution in [3.63, 3.8) is 0 Å². The van der Waals surface area contributed by atoms with Gasteiger partial charge in [0.1, 0.15) is 11.4 Å². The van der Waals surface area contributed by atoms with Crippen LogP contribution in [-0.2, 0) is 0 Å². The number of methoxy groups -OCH3 is 1. The van der Waals surface area contributed by atoms with Crippen LogP contribution in [0.1, 0.15) is 23.3 Å². The lowest BCUT2D eigenvalue weighted by Gasteiger charge is -2.32. The number of aromatic amines is 1. The Morgan fingerprint density at radius 1 is 1.35 bits per heavy atom. The Balaban J connectivity index is 1.55. The number of rotatable bonds is 4. The van der Waals surface area contributed by atoms with Crippen LogP contribution in [0.2, 0.25) is 0 Å². The van der Waals surface area contributed by atoms with Crippen LogP contribution in [0.5, 0.6) is 5.75 Å². The number of ether oxygens (including phenoxy) is 1. The Morgan fingerprint density at radius 2 is 2.13 bits per heavy atom. The average molecular weight is 378 g/mol. The molecule has 3 rings (SSSR count). The molecule has 1 amide bonds. The Hall–Kier alpha value is -1.95. The molecule has 1 fully saturated rings. The van der Waals surface area contributed by atoms with Crippen molar-refractivity contribution in [3.8, 4) is 5.75 Å². The van der Waals surface area contributed by atoms with E-state index in [1.54, 1.807) is 13.3 Å². The zero-order valence-corrected chi connectivity index (χ0v) is 14.6. The van der Waals surface area contributed by atoms with E-state index in [0.29, 0.717) is 11.7 Å². The molecule has 0 spiro atoms. The first kappa shape index (κ1) is 15.9. The highest BCUT2D eigenvalue weighted by Gasteiger charge is 2.24. The number of likely N-dealkylation sites (tertiary alicyclic amines) is 1. The average Bonchev–Trinajstić information content (AvgIpc) is 3.01. The van der Waals surface area contributed by atoms with Crippen molar-refractivity contribution in [1.29, 1.82) is 0 Å². The predicted octanol–water partition coefficient (Wildman–Crippen LogP) is 3.50. The van der Waals surface area contributed by atoms with Crippen LogP contribution in [0.15, 0.2) is 41.0 Å². The predicted molar refractivity (Wildman–Crippen MR) is 94.0 cm³/mol. The van der Waals surface area contributed by atoms with E-state index in [9.17, 15) is 4.79 Å². The highest BCUT2D eigenvalue weighted by Crippen LogP contribution is 2.22. The molecule has 0 unspecified atom stereocenters. The maximum Gasteiger partial charge on any atom is 0.270 e. The molecule has 1 aliphatic rings. The molecular weight excluding hydrogens is 358 g/mol. The quantitative estimate of drug-likeness (QED) is 0.856. The van der Waals surface area contributed by atoms with Crippen LogP contribution < -0.4 is 10.1 Å². The standard InChI is InChI=1S/C17H20BrN3O2/c1-23-15-4-2-3-14(10-15)20-13-5-7-21(8-6-13)17(22)16-9-12(18)11-19-16/h2-4,9-11,13,19-20H,5-8H2,1H3. The summed E-state index contributed by atoms with van der Waals surface area (Å²) in [5.41, 5.74) is 1.69. The molecule has 2 aromatic rings. The van der Waals surface area contributed by atoms with E-state index in [0.717, 1.165) is 41.8 Å². The van der Waals surface area contributed by atoms with Gasteiger partial charge in [0.2, 0.25) is 0 Å². The first-order chi connectivity index (χ1) is 11.2. The fourth-order valence-electron chi connectivity index (χ4n) is 2.84. The minimum Gasteiger partial charge on any atom is -0.497 e. The minimum absolute atomic E-state index is 0.0653. The van der Waals surface area contributed by atoms with Crippen molar-refractivity contribution in [3.05, 3.63) is 46.7 Å². The third-order valence-electron chi connectivity index (χ3n) is 4.10. The summed E-state index contributed by atoms with van der Waals surface area (Å²) in [4.78, 5) is 17.3. The van der Waals surface area contributed by atoms with E-state index in [-0.39, 0.29) is 5.91 Å². The van der Waals surface area contributed by atoms with Crippen LogP contribution in [-0.4, -0.2) is 42.0 Å². The summed E-state index contributed by atoms with van der Waals surface area (Å²) >= 11 is 3.36. The van der Waals surface area contributed by atoms with Crippen molar-refractivity contribution in [2.75, 3.05) is 25.5 Å². The summed E-state index contributed by atoms with van der Waals surface area (Å²) < 4.78 is 6.14. The maximum atomic E-state index is 12.4. The van der Waals surface area contributed by atoms with Crippen LogP contribution in [0.4, 0.5) is 5.69 Å². The Labute approximate surface area is 144 Å². The molecule has 23 heavy (non-hydrogen) atoms. The minimum atomic E-state index is 0.0653. The van der Waals surface area contributed by atoms with Gasteiger partial charge in [-0.3, -0.25) is 4.79 Å². The SMILES string of the molecule is COc1cccc(NC2CCN(C(=O)c3cc(Br)c[nH]3)CC2)c1. The van der Waals surface area contributed by atoms with Gasteiger partial charge in [-0.2, -0.15) is 0 Å². The van der Waals surface area contributed by atoms with Crippen LogP contribution >= 0.6 is 15.9 Å². The van der Waals surface area contributed by atoms with Crippen molar-refractivity contribution >= 4 is 27.5 Å². The van der Waals surface area contributed by atoms with E-state index in [1.807, 2.05) is 35.2 Å². The van der Waals surface area contributed by atoms with Gasteiger partial charge >= 0.3 is 0 Å². The molecule has 1 aromatic carbocycles. The number of hydrogen-bond donors (Lipinski definition) is 2. The number of nitrogens with zero attached hydrogens (tertiary/aromatic N) is 1. The number of amides is 1. The molecular formula is C17H20BrN3O2. The monoisotopic (exact) mass is 377 g/mol. The van der Waals surface area contributed by atoms with E-state index >= 15 is 0 Å². The maximum absolute atomic E-state index is 12.4. The summed E-state index contributed by atoms with van der Waals surface area (Å²) in [5.74, 6) is 0.912. The Morgan fingerprint density at radius 3 is 2.78 bits per heavy atom. The number of halogens is 1. The van der Waals surface area contributed by atoms with Crippen LogP contribution in [0, 0.1) is 0 Å². The summed E-state index contributed by atoms with van der Waals surface area (Å²) in [6, 6.07) is 10.1. The van der Waals surface area contributed by atoms with E-state index < -0.39 is 0 Å². The van der Waals surface area contributed by atoms with Gasteiger partial charge in [-0.1, -0.05) is 6.07 Å². The second-order valence-corrected chi connectivity index (χ2v) is 6.59. The molecule has 0 saturated carbocycles. The number of H-pyrrole nitrogens is 1. The van der Waals surface area contributed by atoms with Crippen molar-refractivity contribution in [1.82, 2.24) is 9.88 Å². The fourth-order valence-corrected chi connectivity index (χ4v) is 3.18. The highest BCUT2D eigenvalue weighted by atomic mass is 79.9. The second kappa shape index (κ2) is 7.08. The lowest BCUT2D eigenvalue weighted by molar-refractivity contribution is 0.0713. The Kier molecular flexibility index (Phi) is 4.91. The molecule has 1 saturated heterocycles. The molecule has 0 radical (unpaired) electrons. The van der Waals surface area contributed by atoms with Gasteiger partial charge in [0, 0.05) is 41.6 Å². The van der Waals surface area contributed by atoms with Gasteiger partial charge in [-0.25, -0.2) is 0 Å². The Bertz CT molecular complexity index is 678. The first-order valence-corrected chi connectivity index (χ1v) is 8.49. The van der Waals surface area contributed by atoms with Crippen molar-refractivity contribution in [2.45, 2.75) is 18.9 Å². The summed E-state index contributed by atoms with van der Waals surface area (Å²) in [6.07, 6.45) is 3.65. The molecule has 0 bridgehead atoms. The van der Waals surface area contributed by atoms with Gasteiger partial charge in [-0.15, -0.1) is 0 Å². The van der Waals surface area contributed by atoms with Crippen LogP contribution in [0.25, 0.3) is 0 Å². The second-order valence-electron chi connectivity index (χ2n) is 5.67. The molecule has 0 atom stereocenters. The number of piperidine rings is 1.